The van der Waals surface area contributed by atoms with E-state index in [2.05, 4.69) is 36.8 Å². The van der Waals surface area contributed by atoms with E-state index in [-0.39, 0.29) is 0 Å². The first-order valence-electron chi connectivity index (χ1n) is 5.35. The van der Waals surface area contributed by atoms with Gasteiger partial charge in [0.1, 0.15) is 17.2 Å². The fraction of sp³-hybridized carbons (Fsp3) is 0.154. The topological polar surface area (TPSA) is 31.4 Å². The summed E-state index contributed by atoms with van der Waals surface area (Å²) in [7, 11) is 1.61. The van der Waals surface area contributed by atoms with Crippen molar-refractivity contribution in [3.8, 4) is 17.2 Å². The normalized spacial score (nSPS) is 10.3. The Morgan fingerprint density at radius 3 is 2.53 bits per heavy atom. The molecule has 0 aliphatic rings. The summed E-state index contributed by atoms with van der Waals surface area (Å²) in [6, 6.07) is 5.45. The fourth-order valence-corrected chi connectivity index (χ4v) is 2.57. The molecule has 0 aliphatic carbocycles. The molecule has 2 aromatic rings. The predicted molar refractivity (Wildman–Crippen MR) is 82.3 cm³/mol. The quantitative estimate of drug-likeness (QED) is 0.657. The van der Waals surface area contributed by atoms with Gasteiger partial charge in [0.2, 0.25) is 0 Å². The lowest BCUT2D eigenvalue weighted by atomic mass is 10.3. The molecule has 2 rings (SSSR count). The zero-order valence-corrected chi connectivity index (χ0v) is 13.9. The van der Waals surface area contributed by atoms with E-state index in [1.807, 2.05) is 12.1 Å². The molecule has 0 unspecified atom stereocenters. The van der Waals surface area contributed by atoms with Gasteiger partial charge in [-0.2, -0.15) is 0 Å². The zero-order valence-electron chi connectivity index (χ0n) is 9.99. The Balaban J connectivity index is 2.36. The molecule has 100 valence electrons. The molecular weight excluding hydrogens is 397 g/mol. The van der Waals surface area contributed by atoms with Gasteiger partial charge in [-0.15, -0.1) is 11.6 Å². The number of hydrogen-bond acceptors (Lipinski definition) is 3. The molecule has 0 bridgehead atoms. The zero-order chi connectivity index (χ0) is 13.8. The highest BCUT2D eigenvalue weighted by atomic mass is 79.9. The van der Waals surface area contributed by atoms with Crippen LogP contribution < -0.4 is 9.47 Å². The number of benzene rings is 1. The number of alkyl halides is 1. The van der Waals surface area contributed by atoms with Crippen LogP contribution in [0.5, 0.6) is 17.2 Å². The number of ether oxygens (including phenoxy) is 2. The molecule has 0 fully saturated rings. The van der Waals surface area contributed by atoms with Crippen LogP contribution in [-0.4, -0.2) is 12.1 Å². The van der Waals surface area contributed by atoms with Crippen molar-refractivity contribution >= 4 is 43.5 Å². The van der Waals surface area contributed by atoms with Gasteiger partial charge in [0.25, 0.3) is 0 Å². The maximum absolute atomic E-state index is 5.86. The first-order chi connectivity index (χ1) is 9.15. The average molecular weight is 407 g/mol. The largest absolute Gasteiger partial charge is 0.496 e. The van der Waals surface area contributed by atoms with E-state index in [1.165, 1.54) is 0 Å². The first-order valence-corrected chi connectivity index (χ1v) is 7.47. The summed E-state index contributed by atoms with van der Waals surface area (Å²) in [5.41, 5.74) is 0.836. The van der Waals surface area contributed by atoms with Crippen molar-refractivity contribution in [2.75, 3.05) is 7.11 Å². The third-order valence-corrected chi connectivity index (χ3v) is 3.96. The molecule has 19 heavy (non-hydrogen) atoms. The van der Waals surface area contributed by atoms with Gasteiger partial charge in [-0.05, 0) is 50.1 Å². The van der Waals surface area contributed by atoms with Crippen molar-refractivity contribution in [2.24, 2.45) is 0 Å². The summed E-state index contributed by atoms with van der Waals surface area (Å²) >= 11 is 12.7. The van der Waals surface area contributed by atoms with Gasteiger partial charge in [0.15, 0.2) is 0 Å². The molecule has 0 N–H and O–H groups in total. The second kappa shape index (κ2) is 6.59. The van der Waals surface area contributed by atoms with Crippen molar-refractivity contribution in [3.05, 3.63) is 45.1 Å². The maximum Gasteiger partial charge on any atom is 0.143 e. The van der Waals surface area contributed by atoms with Crippen LogP contribution in [0.15, 0.2) is 39.5 Å². The highest BCUT2D eigenvalue weighted by Crippen LogP contribution is 2.38. The van der Waals surface area contributed by atoms with Crippen LogP contribution in [0, 0.1) is 0 Å². The van der Waals surface area contributed by atoms with E-state index in [9.17, 15) is 0 Å². The molecule has 0 amide bonds. The first kappa shape index (κ1) is 14.6. The van der Waals surface area contributed by atoms with Gasteiger partial charge >= 0.3 is 0 Å². The number of halogens is 3. The summed E-state index contributed by atoms with van der Waals surface area (Å²) in [5, 5.41) is 0. The third kappa shape index (κ3) is 3.41. The number of aromatic nitrogens is 1. The molecule has 3 nitrogen and oxygen atoms in total. The number of pyridine rings is 1. The highest BCUT2D eigenvalue weighted by molar-refractivity contribution is 9.11. The molecule has 0 atom stereocenters. The molecule has 0 saturated carbocycles. The second-order valence-electron chi connectivity index (χ2n) is 3.64. The molecule has 0 radical (unpaired) electrons. The van der Waals surface area contributed by atoms with Gasteiger partial charge in [0, 0.05) is 18.0 Å². The molecule has 6 heteroatoms. The minimum Gasteiger partial charge on any atom is -0.496 e. The van der Waals surface area contributed by atoms with E-state index in [0.717, 1.165) is 20.3 Å². The Kier molecular flexibility index (Phi) is 5.07. The van der Waals surface area contributed by atoms with E-state index in [4.69, 9.17) is 21.1 Å². The summed E-state index contributed by atoms with van der Waals surface area (Å²) < 4.78 is 12.7. The third-order valence-electron chi connectivity index (χ3n) is 2.43. The minimum atomic E-state index is 0.345. The second-order valence-corrected chi connectivity index (χ2v) is 5.61. The van der Waals surface area contributed by atoms with E-state index in [1.54, 1.807) is 25.6 Å². The van der Waals surface area contributed by atoms with Crippen LogP contribution in [-0.2, 0) is 5.88 Å². The summed E-state index contributed by atoms with van der Waals surface area (Å²) in [6.07, 6.45) is 3.35. The lowest BCUT2D eigenvalue weighted by Gasteiger charge is -2.12. The minimum absolute atomic E-state index is 0.345. The highest BCUT2D eigenvalue weighted by Gasteiger charge is 2.11. The standard InChI is InChI=1S/C13H10Br2ClNO2/c1-18-12-4-10(15)13(5-9(12)14)19-11-2-3-17-7-8(11)6-16/h2-5,7H,6H2,1H3. The molecule has 0 spiro atoms. The van der Waals surface area contributed by atoms with E-state index in [0.29, 0.717) is 17.4 Å². The van der Waals surface area contributed by atoms with Gasteiger partial charge in [-0.1, -0.05) is 0 Å². The monoisotopic (exact) mass is 405 g/mol. The predicted octanol–water partition coefficient (Wildman–Crippen LogP) is 5.15. The Hall–Kier alpha value is -0.780. The van der Waals surface area contributed by atoms with Crippen LogP contribution >= 0.6 is 43.5 Å². The van der Waals surface area contributed by atoms with Crippen molar-refractivity contribution in [1.82, 2.24) is 4.98 Å². The van der Waals surface area contributed by atoms with Gasteiger partial charge in [-0.3, -0.25) is 4.98 Å². The van der Waals surface area contributed by atoms with Gasteiger partial charge in [0.05, 0.1) is 21.9 Å². The SMILES string of the molecule is COc1cc(Br)c(Oc2ccncc2CCl)cc1Br. The van der Waals surface area contributed by atoms with E-state index >= 15 is 0 Å². The molecule has 1 aromatic heterocycles. The van der Waals surface area contributed by atoms with Crippen molar-refractivity contribution in [2.45, 2.75) is 5.88 Å². The average Bonchev–Trinajstić information content (AvgIpc) is 2.43. The summed E-state index contributed by atoms with van der Waals surface area (Å²) in [4.78, 5) is 4.02. The van der Waals surface area contributed by atoms with Crippen molar-refractivity contribution in [1.29, 1.82) is 0 Å². The molecule has 0 saturated heterocycles. The summed E-state index contributed by atoms with van der Waals surface area (Å²) in [6.45, 7) is 0. The van der Waals surface area contributed by atoms with Crippen LogP contribution in [0.1, 0.15) is 5.56 Å². The number of methoxy groups -OCH3 is 1. The smallest absolute Gasteiger partial charge is 0.143 e. The Morgan fingerprint density at radius 2 is 1.84 bits per heavy atom. The number of hydrogen-bond donors (Lipinski definition) is 0. The molecule has 0 aliphatic heterocycles. The summed E-state index contributed by atoms with van der Waals surface area (Å²) in [5.74, 6) is 2.43. The lowest BCUT2D eigenvalue weighted by Crippen LogP contribution is -1.93. The Bertz CT molecular complexity index is 593. The maximum atomic E-state index is 5.86. The molecular formula is C13H10Br2ClNO2. The van der Waals surface area contributed by atoms with Crippen LogP contribution in [0.4, 0.5) is 0 Å². The van der Waals surface area contributed by atoms with Crippen LogP contribution in [0.3, 0.4) is 0 Å². The fourth-order valence-electron chi connectivity index (χ4n) is 1.48. The lowest BCUT2D eigenvalue weighted by molar-refractivity contribution is 0.409. The molecule has 1 aromatic carbocycles. The van der Waals surface area contributed by atoms with Crippen LogP contribution in [0.2, 0.25) is 0 Å². The number of rotatable bonds is 4. The Morgan fingerprint density at radius 1 is 1.16 bits per heavy atom. The molecule has 1 heterocycles. The van der Waals surface area contributed by atoms with E-state index < -0.39 is 0 Å². The van der Waals surface area contributed by atoms with Gasteiger partial charge in [-0.25, -0.2) is 0 Å². The number of nitrogens with zero attached hydrogens (tertiary/aromatic N) is 1. The van der Waals surface area contributed by atoms with Crippen LogP contribution in [0.25, 0.3) is 0 Å². The van der Waals surface area contributed by atoms with Crippen molar-refractivity contribution < 1.29 is 9.47 Å². The van der Waals surface area contributed by atoms with Gasteiger partial charge < -0.3 is 9.47 Å². The Labute approximate surface area is 133 Å². The van der Waals surface area contributed by atoms with Crippen molar-refractivity contribution in [3.63, 3.8) is 0 Å².